The molecule has 2 aromatic rings. The Morgan fingerprint density at radius 3 is 2.96 bits per heavy atom. The fourth-order valence-electron chi connectivity index (χ4n) is 3.29. The van der Waals surface area contributed by atoms with E-state index in [1.165, 1.54) is 6.20 Å². The predicted molar refractivity (Wildman–Crippen MR) is 106 cm³/mol. The molecule has 0 radical (unpaired) electrons. The van der Waals surface area contributed by atoms with Crippen molar-refractivity contribution >= 4 is 23.1 Å². The number of nitrogens with zero attached hydrogens (tertiary/aromatic N) is 4. The van der Waals surface area contributed by atoms with Gasteiger partial charge in [0, 0.05) is 19.1 Å². The predicted octanol–water partition coefficient (Wildman–Crippen LogP) is 1.64. The average Bonchev–Trinajstić information content (AvgIpc) is 2.98. The first-order chi connectivity index (χ1) is 13.3. The Labute approximate surface area is 163 Å². The SMILES string of the molecule is CC#CCn1c(N2CCC[C@@H](NC(=O)OC(C)(C)C)C2)nc2cn[nH]c(=O)c21. The van der Waals surface area contributed by atoms with Crippen LogP contribution in [0.5, 0.6) is 0 Å². The number of alkyl carbamates (subject to hydrolysis) is 1. The molecule has 1 atom stereocenters. The molecular formula is C19H26N6O3. The number of ether oxygens (including phenoxy) is 1. The van der Waals surface area contributed by atoms with Crippen LogP contribution in [-0.4, -0.2) is 50.6 Å². The van der Waals surface area contributed by atoms with Crippen molar-refractivity contribution in [3.05, 3.63) is 16.6 Å². The highest BCUT2D eigenvalue weighted by atomic mass is 16.6. The summed E-state index contributed by atoms with van der Waals surface area (Å²) < 4.78 is 7.17. The third kappa shape index (κ3) is 4.44. The van der Waals surface area contributed by atoms with Crippen molar-refractivity contribution < 1.29 is 9.53 Å². The minimum Gasteiger partial charge on any atom is -0.444 e. The summed E-state index contributed by atoms with van der Waals surface area (Å²) in [5.74, 6) is 6.52. The molecule has 0 saturated carbocycles. The van der Waals surface area contributed by atoms with Crippen molar-refractivity contribution in [2.45, 2.75) is 58.7 Å². The molecule has 150 valence electrons. The molecule has 0 bridgehead atoms. The Hall–Kier alpha value is -3.02. The van der Waals surface area contributed by atoms with E-state index in [-0.39, 0.29) is 11.6 Å². The molecule has 1 fully saturated rings. The normalized spacial score (nSPS) is 17.1. The largest absolute Gasteiger partial charge is 0.444 e. The van der Waals surface area contributed by atoms with E-state index >= 15 is 0 Å². The van der Waals surface area contributed by atoms with E-state index in [9.17, 15) is 9.59 Å². The highest BCUT2D eigenvalue weighted by molar-refractivity contribution is 5.77. The second-order valence-electron chi connectivity index (χ2n) is 7.79. The van der Waals surface area contributed by atoms with Gasteiger partial charge in [-0.25, -0.2) is 14.9 Å². The van der Waals surface area contributed by atoms with Crippen LogP contribution in [-0.2, 0) is 11.3 Å². The number of hydrogen-bond donors (Lipinski definition) is 2. The Kier molecular flexibility index (Phi) is 5.58. The molecule has 0 aromatic carbocycles. The maximum atomic E-state index is 12.3. The summed E-state index contributed by atoms with van der Waals surface area (Å²) in [6.07, 6.45) is 2.85. The zero-order chi connectivity index (χ0) is 20.3. The van der Waals surface area contributed by atoms with Gasteiger partial charge in [-0.15, -0.1) is 5.92 Å². The summed E-state index contributed by atoms with van der Waals surface area (Å²) in [4.78, 5) is 31.1. The van der Waals surface area contributed by atoms with Gasteiger partial charge in [0.25, 0.3) is 5.56 Å². The molecule has 1 aliphatic rings. The molecule has 9 heteroatoms. The number of nitrogens with one attached hydrogen (secondary N) is 2. The van der Waals surface area contributed by atoms with Crippen LogP contribution in [0.4, 0.5) is 10.7 Å². The third-order valence-electron chi connectivity index (χ3n) is 4.38. The molecule has 1 saturated heterocycles. The van der Waals surface area contributed by atoms with Crippen molar-refractivity contribution in [2.24, 2.45) is 0 Å². The molecule has 0 aliphatic carbocycles. The first kappa shape index (κ1) is 19.7. The molecule has 9 nitrogen and oxygen atoms in total. The van der Waals surface area contributed by atoms with Crippen LogP contribution in [0.25, 0.3) is 11.0 Å². The van der Waals surface area contributed by atoms with Crippen LogP contribution in [0.2, 0.25) is 0 Å². The lowest BCUT2D eigenvalue weighted by Gasteiger charge is -2.34. The number of hydrogen-bond acceptors (Lipinski definition) is 6. The number of imidazole rings is 1. The number of anilines is 1. The summed E-state index contributed by atoms with van der Waals surface area (Å²) >= 11 is 0. The summed E-state index contributed by atoms with van der Waals surface area (Å²) in [6, 6.07) is -0.0643. The van der Waals surface area contributed by atoms with E-state index in [0.717, 1.165) is 19.4 Å². The van der Waals surface area contributed by atoms with Gasteiger partial charge in [-0.3, -0.25) is 9.36 Å². The highest BCUT2D eigenvalue weighted by Gasteiger charge is 2.27. The van der Waals surface area contributed by atoms with Crippen molar-refractivity contribution in [3.8, 4) is 11.8 Å². The van der Waals surface area contributed by atoms with Gasteiger partial charge in [-0.05, 0) is 40.5 Å². The van der Waals surface area contributed by atoms with Crippen LogP contribution < -0.4 is 15.8 Å². The summed E-state index contributed by atoms with van der Waals surface area (Å²) in [7, 11) is 0. The Balaban J connectivity index is 1.85. The van der Waals surface area contributed by atoms with Crippen LogP contribution in [0, 0.1) is 11.8 Å². The molecule has 28 heavy (non-hydrogen) atoms. The smallest absolute Gasteiger partial charge is 0.407 e. The van der Waals surface area contributed by atoms with Crippen LogP contribution in [0.15, 0.2) is 11.0 Å². The lowest BCUT2D eigenvalue weighted by atomic mass is 10.1. The maximum Gasteiger partial charge on any atom is 0.407 e. The minimum absolute atomic E-state index is 0.0643. The van der Waals surface area contributed by atoms with Crippen LogP contribution in [0.1, 0.15) is 40.5 Å². The molecule has 1 amide bonds. The lowest BCUT2D eigenvalue weighted by molar-refractivity contribution is 0.0500. The molecule has 3 heterocycles. The first-order valence-corrected chi connectivity index (χ1v) is 9.36. The monoisotopic (exact) mass is 386 g/mol. The minimum atomic E-state index is -0.542. The van der Waals surface area contributed by atoms with Gasteiger partial charge in [0.05, 0.1) is 12.7 Å². The van der Waals surface area contributed by atoms with E-state index in [2.05, 4.69) is 37.2 Å². The van der Waals surface area contributed by atoms with Crippen molar-refractivity contribution in [1.82, 2.24) is 25.1 Å². The van der Waals surface area contributed by atoms with E-state index in [0.29, 0.717) is 30.1 Å². The fourth-order valence-corrected chi connectivity index (χ4v) is 3.29. The van der Waals surface area contributed by atoms with Crippen molar-refractivity contribution in [2.75, 3.05) is 18.0 Å². The highest BCUT2D eigenvalue weighted by Crippen LogP contribution is 2.23. The second kappa shape index (κ2) is 7.92. The van der Waals surface area contributed by atoms with E-state index in [1.54, 1.807) is 6.92 Å². The zero-order valence-electron chi connectivity index (χ0n) is 16.7. The maximum absolute atomic E-state index is 12.3. The molecule has 0 spiro atoms. The van der Waals surface area contributed by atoms with Crippen molar-refractivity contribution in [3.63, 3.8) is 0 Å². The first-order valence-electron chi connectivity index (χ1n) is 9.36. The number of aromatic nitrogens is 4. The Morgan fingerprint density at radius 1 is 1.46 bits per heavy atom. The van der Waals surface area contributed by atoms with Gasteiger partial charge in [0.15, 0.2) is 0 Å². The summed E-state index contributed by atoms with van der Waals surface area (Å²) in [5, 5.41) is 9.23. The molecule has 3 rings (SSSR count). The second-order valence-corrected chi connectivity index (χ2v) is 7.79. The molecule has 2 N–H and O–H groups in total. The average molecular weight is 386 g/mol. The molecule has 2 aromatic heterocycles. The van der Waals surface area contributed by atoms with E-state index < -0.39 is 11.7 Å². The van der Waals surface area contributed by atoms with Crippen LogP contribution >= 0.6 is 0 Å². The molecule has 0 unspecified atom stereocenters. The van der Waals surface area contributed by atoms with Gasteiger partial charge >= 0.3 is 6.09 Å². The third-order valence-corrected chi connectivity index (χ3v) is 4.38. The summed E-state index contributed by atoms with van der Waals surface area (Å²) in [6.45, 7) is 8.98. The number of carbonyl (C=O) groups is 1. The summed E-state index contributed by atoms with van der Waals surface area (Å²) in [5.41, 5.74) is 0.141. The molecule has 1 aliphatic heterocycles. The van der Waals surface area contributed by atoms with Gasteiger partial charge in [-0.2, -0.15) is 5.10 Å². The zero-order valence-corrected chi connectivity index (χ0v) is 16.7. The fraction of sp³-hybridized carbons (Fsp3) is 0.579. The topological polar surface area (TPSA) is 105 Å². The molecular weight excluding hydrogens is 360 g/mol. The number of amides is 1. The number of aromatic amines is 1. The number of fused-ring (bicyclic) bond motifs is 1. The van der Waals surface area contributed by atoms with Gasteiger partial charge in [0.1, 0.15) is 16.6 Å². The number of rotatable bonds is 3. The van der Waals surface area contributed by atoms with Crippen LogP contribution in [0.3, 0.4) is 0 Å². The quantitative estimate of drug-likeness (QED) is 0.777. The van der Waals surface area contributed by atoms with Gasteiger partial charge in [0.2, 0.25) is 5.95 Å². The lowest BCUT2D eigenvalue weighted by Crippen LogP contribution is -2.49. The van der Waals surface area contributed by atoms with Crippen molar-refractivity contribution in [1.29, 1.82) is 0 Å². The van der Waals surface area contributed by atoms with E-state index in [4.69, 9.17) is 4.74 Å². The Morgan fingerprint density at radius 2 is 2.25 bits per heavy atom. The van der Waals surface area contributed by atoms with Gasteiger partial charge < -0.3 is 15.0 Å². The standard InChI is InChI=1S/C19H26N6O3/c1-5-6-10-25-15-14(11-20-23-16(15)26)22-17(25)24-9-7-8-13(12-24)21-18(27)28-19(2,3)4/h11,13H,7-10,12H2,1-4H3,(H,21,27)(H,23,26)/t13-/m1/s1. The number of carbonyl (C=O) groups excluding carboxylic acids is 1. The Bertz CT molecular complexity index is 975. The number of H-pyrrole nitrogens is 1. The van der Waals surface area contributed by atoms with E-state index in [1.807, 2.05) is 25.3 Å². The van der Waals surface area contributed by atoms with Gasteiger partial charge in [-0.1, -0.05) is 5.92 Å². The number of piperidine rings is 1.